The third-order valence-corrected chi connectivity index (χ3v) is 5.31. The van der Waals surface area contributed by atoms with Crippen molar-refractivity contribution in [2.75, 3.05) is 20.2 Å². The van der Waals surface area contributed by atoms with E-state index >= 15 is 0 Å². The smallest absolute Gasteiger partial charge is 0.261 e. The van der Waals surface area contributed by atoms with Gasteiger partial charge in [-0.15, -0.1) is 0 Å². The van der Waals surface area contributed by atoms with Gasteiger partial charge in [0.2, 0.25) is 0 Å². The second-order valence-electron chi connectivity index (χ2n) is 7.21. The van der Waals surface area contributed by atoms with Crippen LogP contribution in [0.3, 0.4) is 0 Å². The fourth-order valence-electron chi connectivity index (χ4n) is 3.67. The van der Waals surface area contributed by atoms with Gasteiger partial charge in [-0.05, 0) is 49.1 Å². The molecule has 2 aromatic rings. The van der Waals surface area contributed by atoms with Gasteiger partial charge in [0.25, 0.3) is 11.8 Å². The van der Waals surface area contributed by atoms with Crippen LogP contribution in [-0.4, -0.2) is 47.9 Å². The Morgan fingerprint density at radius 3 is 2.19 bits per heavy atom. The summed E-state index contributed by atoms with van der Waals surface area (Å²) in [7, 11) is 1.67. The van der Waals surface area contributed by atoms with Crippen LogP contribution in [0, 0.1) is 0 Å². The second kappa shape index (κ2) is 7.53. The Labute approximate surface area is 159 Å². The topological polar surface area (TPSA) is 49.9 Å². The summed E-state index contributed by atoms with van der Waals surface area (Å²) in [5.74, 6) is 0.537. The number of fused-ring (bicyclic) bond motifs is 1. The highest BCUT2D eigenvalue weighted by Gasteiger charge is 2.35. The number of nitrogens with zero attached hydrogens (tertiary/aromatic N) is 2. The normalized spacial score (nSPS) is 16.1. The number of carbonyl (C=O) groups excluding carboxylic acids is 2. The summed E-state index contributed by atoms with van der Waals surface area (Å²) in [4.78, 5) is 28.8. The van der Waals surface area contributed by atoms with E-state index in [1.807, 2.05) is 12.1 Å². The molecule has 0 bridgehead atoms. The van der Waals surface area contributed by atoms with Crippen molar-refractivity contribution >= 4 is 11.8 Å². The minimum atomic E-state index is -0.163. The summed E-state index contributed by atoms with van der Waals surface area (Å²) in [6.07, 6.45) is 3.24. The maximum Gasteiger partial charge on any atom is 0.261 e. The number of rotatable bonds is 8. The van der Waals surface area contributed by atoms with Crippen molar-refractivity contribution in [1.29, 1.82) is 0 Å². The Bertz CT molecular complexity index is 808. The van der Waals surface area contributed by atoms with Crippen molar-refractivity contribution in [3.63, 3.8) is 0 Å². The molecule has 2 aromatic carbocycles. The largest absolute Gasteiger partial charge is 0.497 e. The van der Waals surface area contributed by atoms with E-state index in [1.54, 1.807) is 31.4 Å². The van der Waals surface area contributed by atoms with Crippen molar-refractivity contribution in [3.05, 3.63) is 65.2 Å². The zero-order chi connectivity index (χ0) is 18.8. The minimum absolute atomic E-state index is 0.163. The van der Waals surface area contributed by atoms with Crippen LogP contribution in [0.2, 0.25) is 0 Å². The fourth-order valence-corrected chi connectivity index (χ4v) is 3.67. The van der Waals surface area contributed by atoms with Gasteiger partial charge in [0.1, 0.15) is 5.75 Å². The van der Waals surface area contributed by atoms with E-state index in [2.05, 4.69) is 17.0 Å². The number of methoxy groups -OCH3 is 1. The average Bonchev–Trinajstić information content (AvgIpc) is 3.52. The first-order chi connectivity index (χ1) is 13.2. The summed E-state index contributed by atoms with van der Waals surface area (Å²) < 4.78 is 5.22. The Kier molecular flexibility index (Phi) is 4.94. The van der Waals surface area contributed by atoms with E-state index in [0.717, 1.165) is 25.3 Å². The summed E-state index contributed by atoms with van der Waals surface area (Å²) in [6, 6.07) is 15.9. The Hall–Kier alpha value is -2.66. The zero-order valence-corrected chi connectivity index (χ0v) is 15.6. The number of imide groups is 1. The highest BCUT2D eigenvalue weighted by atomic mass is 16.5. The zero-order valence-electron chi connectivity index (χ0n) is 15.6. The van der Waals surface area contributed by atoms with Crippen LogP contribution >= 0.6 is 0 Å². The van der Waals surface area contributed by atoms with Crippen LogP contribution in [0.25, 0.3) is 0 Å². The molecule has 1 heterocycles. The van der Waals surface area contributed by atoms with Crippen LogP contribution < -0.4 is 4.74 Å². The lowest BCUT2D eigenvalue weighted by Crippen LogP contribution is -2.34. The van der Waals surface area contributed by atoms with E-state index in [4.69, 9.17) is 4.74 Å². The Morgan fingerprint density at radius 2 is 1.63 bits per heavy atom. The fraction of sp³-hybridized carbons (Fsp3) is 0.364. The molecule has 0 atom stereocenters. The first-order valence-electron chi connectivity index (χ1n) is 9.49. The van der Waals surface area contributed by atoms with E-state index in [-0.39, 0.29) is 11.8 Å². The first-order valence-corrected chi connectivity index (χ1v) is 9.49. The molecule has 140 valence electrons. The summed E-state index contributed by atoms with van der Waals surface area (Å²) in [5.41, 5.74) is 2.31. The summed E-state index contributed by atoms with van der Waals surface area (Å²) in [5, 5.41) is 0. The number of amides is 2. The quantitative estimate of drug-likeness (QED) is 0.674. The van der Waals surface area contributed by atoms with Crippen LogP contribution in [0.15, 0.2) is 48.5 Å². The van der Waals surface area contributed by atoms with Crippen LogP contribution in [0.4, 0.5) is 0 Å². The van der Waals surface area contributed by atoms with Crippen molar-refractivity contribution in [2.45, 2.75) is 31.8 Å². The monoisotopic (exact) mass is 364 g/mol. The van der Waals surface area contributed by atoms with Gasteiger partial charge in [0, 0.05) is 25.7 Å². The van der Waals surface area contributed by atoms with E-state index < -0.39 is 0 Å². The Morgan fingerprint density at radius 1 is 1.00 bits per heavy atom. The predicted molar refractivity (Wildman–Crippen MR) is 103 cm³/mol. The number of benzene rings is 2. The number of ether oxygens (including phenoxy) is 1. The van der Waals surface area contributed by atoms with Gasteiger partial charge in [0.15, 0.2) is 0 Å². The molecular weight excluding hydrogens is 340 g/mol. The highest BCUT2D eigenvalue weighted by molar-refractivity contribution is 6.21. The number of carbonyl (C=O) groups is 2. The molecule has 4 rings (SSSR count). The van der Waals surface area contributed by atoms with Crippen molar-refractivity contribution in [3.8, 4) is 5.75 Å². The van der Waals surface area contributed by atoms with Crippen molar-refractivity contribution in [1.82, 2.24) is 9.80 Å². The lowest BCUT2D eigenvalue weighted by atomic mass is 10.1. The molecule has 1 aliphatic carbocycles. The SMILES string of the molecule is COc1ccc(CN(CCCN2C(=O)c3ccccc3C2=O)C2CC2)cc1. The Balaban J connectivity index is 1.34. The van der Waals surface area contributed by atoms with E-state index in [9.17, 15) is 9.59 Å². The van der Waals surface area contributed by atoms with Gasteiger partial charge in [-0.3, -0.25) is 19.4 Å². The second-order valence-corrected chi connectivity index (χ2v) is 7.21. The molecule has 0 saturated heterocycles. The molecule has 2 aliphatic rings. The molecule has 1 aliphatic heterocycles. The van der Waals surface area contributed by atoms with Crippen LogP contribution in [0.1, 0.15) is 45.5 Å². The molecule has 0 unspecified atom stereocenters. The molecular formula is C22H24N2O3. The van der Waals surface area contributed by atoms with Crippen LogP contribution in [-0.2, 0) is 6.54 Å². The van der Waals surface area contributed by atoms with Gasteiger partial charge in [-0.2, -0.15) is 0 Å². The molecule has 1 fully saturated rings. The lowest BCUT2D eigenvalue weighted by molar-refractivity contribution is 0.0646. The van der Waals surface area contributed by atoms with Gasteiger partial charge in [-0.1, -0.05) is 24.3 Å². The molecule has 2 amide bonds. The van der Waals surface area contributed by atoms with E-state index in [0.29, 0.717) is 23.7 Å². The van der Waals surface area contributed by atoms with Gasteiger partial charge >= 0.3 is 0 Å². The third kappa shape index (κ3) is 3.74. The van der Waals surface area contributed by atoms with Crippen molar-refractivity contribution < 1.29 is 14.3 Å². The molecule has 0 aromatic heterocycles. The van der Waals surface area contributed by atoms with E-state index in [1.165, 1.54) is 23.3 Å². The molecule has 0 spiro atoms. The van der Waals surface area contributed by atoms with Crippen molar-refractivity contribution in [2.24, 2.45) is 0 Å². The first kappa shape index (κ1) is 17.7. The van der Waals surface area contributed by atoms with Gasteiger partial charge in [-0.25, -0.2) is 0 Å². The number of hydrogen-bond acceptors (Lipinski definition) is 4. The molecule has 0 N–H and O–H groups in total. The van der Waals surface area contributed by atoms with Crippen LogP contribution in [0.5, 0.6) is 5.75 Å². The summed E-state index contributed by atoms with van der Waals surface area (Å²) in [6.45, 7) is 2.24. The maximum atomic E-state index is 12.5. The molecule has 27 heavy (non-hydrogen) atoms. The molecule has 1 saturated carbocycles. The molecule has 5 nitrogen and oxygen atoms in total. The maximum absolute atomic E-state index is 12.5. The predicted octanol–water partition coefficient (Wildman–Crippen LogP) is 3.35. The lowest BCUT2D eigenvalue weighted by Gasteiger charge is -2.23. The standard InChI is InChI=1S/C22H24N2O3/c1-27-18-11-7-16(8-12-18)15-23(17-9-10-17)13-4-14-24-21(25)19-5-2-3-6-20(19)22(24)26/h2-3,5-8,11-12,17H,4,9-10,13-15H2,1H3. The summed E-state index contributed by atoms with van der Waals surface area (Å²) >= 11 is 0. The molecule has 5 heteroatoms. The van der Waals surface area contributed by atoms with Gasteiger partial charge in [0.05, 0.1) is 18.2 Å². The minimum Gasteiger partial charge on any atom is -0.497 e. The average molecular weight is 364 g/mol. The highest BCUT2D eigenvalue weighted by Crippen LogP contribution is 2.29. The van der Waals surface area contributed by atoms with Gasteiger partial charge < -0.3 is 4.74 Å². The third-order valence-electron chi connectivity index (χ3n) is 5.31. The number of hydrogen-bond donors (Lipinski definition) is 0. The molecule has 0 radical (unpaired) electrons.